The van der Waals surface area contributed by atoms with Crippen LogP contribution >= 0.6 is 0 Å². The Kier molecular flexibility index (Phi) is 5.88. The number of methoxy groups -OCH3 is 1. The quantitative estimate of drug-likeness (QED) is 0.771. The number of esters is 1. The van der Waals surface area contributed by atoms with Crippen molar-refractivity contribution in [3.05, 3.63) is 54.3 Å². The highest BCUT2D eigenvalue weighted by molar-refractivity contribution is 6.01. The van der Waals surface area contributed by atoms with Gasteiger partial charge in [0.05, 0.1) is 24.4 Å². The molecule has 0 aliphatic carbocycles. The fourth-order valence-electron chi connectivity index (χ4n) is 2.95. The third-order valence-electron chi connectivity index (χ3n) is 4.33. The number of hydrogen-bond donors (Lipinski definition) is 1. The lowest BCUT2D eigenvalue weighted by atomic mass is 10.1. The molecule has 7 nitrogen and oxygen atoms in total. The van der Waals surface area contributed by atoms with Crippen LogP contribution in [0.2, 0.25) is 0 Å². The fourth-order valence-corrected chi connectivity index (χ4v) is 2.95. The summed E-state index contributed by atoms with van der Waals surface area (Å²) in [7, 11) is 1.50. The van der Waals surface area contributed by atoms with Gasteiger partial charge in [0, 0.05) is 13.0 Å². The van der Waals surface area contributed by atoms with Crippen molar-refractivity contribution in [2.24, 2.45) is 5.92 Å². The molecule has 1 aliphatic heterocycles. The first-order valence-corrected chi connectivity index (χ1v) is 8.64. The first-order chi connectivity index (χ1) is 13.5. The van der Waals surface area contributed by atoms with Crippen molar-refractivity contribution >= 4 is 29.2 Å². The lowest BCUT2D eigenvalue weighted by Gasteiger charge is -2.19. The van der Waals surface area contributed by atoms with Gasteiger partial charge in [-0.05, 0) is 24.3 Å². The van der Waals surface area contributed by atoms with Crippen molar-refractivity contribution < 1.29 is 28.2 Å². The molecule has 1 fully saturated rings. The Labute approximate surface area is 161 Å². The second-order valence-electron chi connectivity index (χ2n) is 6.21. The minimum absolute atomic E-state index is 0.00180. The minimum Gasteiger partial charge on any atom is -0.495 e. The van der Waals surface area contributed by atoms with Gasteiger partial charge in [0.1, 0.15) is 11.6 Å². The Hall–Kier alpha value is -3.42. The van der Waals surface area contributed by atoms with Crippen molar-refractivity contribution in [3.63, 3.8) is 0 Å². The van der Waals surface area contributed by atoms with E-state index in [4.69, 9.17) is 9.47 Å². The molecule has 2 aromatic carbocycles. The fraction of sp³-hybridized carbons (Fsp3) is 0.250. The van der Waals surface area contributed by atoms with Crippen LogP contribution in [0.4, 0.5) is 15.8 Å². The number of carbonyl (C=O) groups excluding carboxylic acids is 3. The lowest BCUT2D eigenvalue weighted by Crippen LogP contribution is -2.28. The third-order valence-corrected chi connectivity index (χ3v) is 4.33. The van der Waals surface area contributed by atoms with E-state index in [2.05, 4.69) is 5.32 Å². The summed E-state index contributed by atoms with van der Waals surface area (Å²) in [4.78, 5) is 37.9. The summed E-state index contributed by atoms with van der Waals surface area (Å²) in [6.07, 6.45) is -0.0220. The second-order valence-corrected chi connectivity index (χ2v) is 6.21. The van der Waals surface area contributed by atoms with Crippen LogP contribution in [-0.2, 0) is 19.1 Å². The molecule has 1 saturated heterocycles. The van der Waals surface area contributed by atoms with Crippen LogP contribution in [0.15, 0.2) is 48.5 Å². The molecule has 146 valence electrons. The van der Waals surface area contributed by atoms with Crippen LogP contribution in [0.3, 0.4) is 0 Å². The van der Waals surface area contributed by atoms with Gasteiger partial charge < -0.3 is 19.7 Å². The topological polar surface area (TPSA) is 84.9 Å². The normalized spacial score (nSPS) is 16.0. The molecule has 2 aromatic rings. The van der Waals surface area contributed by atoms with E-state index >= 15 is 0 Å². The number of benzene rings is 2. The molecule has 1 N–H and O–H groups in total. The van der Waals surface area contributed by atoms with Crippen molar-refractivity contribution in [3.8, 4) is 5.75 Å². The smallest absolute Gasteiger partial charge is 0.311 e. The number of halogens is 1. The maximum absolute atomic E-state index is 13.5. The highest BCUT2D eigenvalue weighted by atomic mass is 19.1. The maximum atomic E-state index is 13.5. The number of carbonyl (C=O) groups is 3. The van der Waals surface area contributed by atoms with Gasteiger partial charge in [-0.15, -0.1) is 0 Å². The highest BCUT2D eigenvalue weighted by Gasteiger charge is 2.37. The highest BCUT2D eigenvalue weighted by Crippen LogP contribution is 2.33. The van der Waals surface area contributed by atoms with Gasteiger partial charge in [-0.2, -0.15) is 0 Å². The molecule has 0 spiro atoms. The average molecular weight is 386 g/mol. The SMILES string of the molecule is COc1ccccc1N1C[C@@H](C(=O)OCC(=O)Nc2ccccc2F)CC1=O. The summed E-state index contributed by atoms with van der Waals surface area (Å²) in [5.74, 6) is -2.31. The third kappa shape index (κ3) is 4.28. The van der Waals surface area contributed by atoms with Crippen LogP contribution in [0, 0.1) is 11.7 Å². The minimum atomic E-state index is -0.696. The summed E-state index contributed by atoms with van der Waals surface area (Å²) >= 11 is 0. The molecule has 28 heavy (non-hydrogen) atoms. The Morgan fingerprint density at radius 1 is 1.18 bits per heavy atom. The molecule has 0 bridgehead atoms. The van der Waals surface area contributed by atoms with Gasteiger partial charge in [-0.25, -0.2) is 4.39 Å². The van der Waals surface area contributed by atoms with E-state index in [1.54, 1.807) is 30.3 Å². The summed E-state index contributed by atoms with van der Waals surface area (Å²) in [6.45, 7) is -0.431. The molecule has 0 saturated carbocycles. The van der Waals surface area contributed by atoms with Crippen molar-refractivity contribution in [1.82, 2.24) is 0 Å². The van der Waals surface area contributed by atoms with E-state index in [9.17, 15) is 18.8 Å². The number of nitrogens with one attached hydrogen (secondary N) is 1. The zero-order valence-electron chi connectivity index (χ0n) is 15.2. The predicted molar refractivity (Wildman–Crippen MR) is 99.4 cm³/mol. The zero-order chi connectivity index (χ0) is 20.1. The van der Waals surface area contributed by atoms with E-state index in [0.717, 1.165) is 0 Å². The molecule has 2 amide bonds. The molecule has 1 atom stereocenters. The number of amides is 2. The van der Waals surface area contributed by atoms with E-state index in [0.29, 0.717) is 11.4 Å². The summed E-state index contributed by atoms with van der Waals surface area (Å²) < 4.78 is 23.8. The van der Waals surface area contributed by atoms with E-state index in [-0.39, 0.29) is 24.6 Å². The zero-order valence-corrected chi connectivity index (χ0v) is 15.2. The molecule has 3 rings (SSSR count). The Balaban J connectivity index is 1.56. The Morgan fingerprint density at radius 3 is 2.64 bits per heavy atom. The molecule has 1 heterocycles. The second kappa shape index (κ2) is 8.51. The maximum Gasteiger partial charge on any atom is 0.311 e. The first kappa shape index (κ1) is 19.3. The van der Waals surface area contributed by atoms with E-state index in [1.807, 2.05) is 0 Å². The van der Waals surface area contributed by atoms with Crippen LogP contribution in [0.1, 0.15) is 6.42 Å². The van der Waals surface area contributed by atoms with Crippen LogP contribution in [0.5, 0.6) is 5.75 Å². The number of hydrogen-bond acceptors (Lipinski definition) is 5. The van der Waals surface area contributed by atoms with Gasteiger partial charge in [-0.1, -0.05) is 24.3 Å². The standard InChI is InChI=1S/C20H19FN2O5/c1-27-17-9-5-4-8-16(17)23-11-13(10-19(23)25)20(26)28-12-18(24)22-15-7-3-2-6-14(15)21/h2-9,13H,10-12H2,1H3,(H,22,24)/t13-/m0/s1. The molecule has 0 aromatic heterocycles. The summed E-state index contributed by atoms with van der Waals surface area (Å²) in [6, 6.07) is 12.7. The molecule has 1 aliphatic rings. The summed E-state index contributed by atoms with van der Waals surface area (Å²) in [5.41, 5.74) is 0.574. The van der Waals surface area contributed by atoms with E-state index in [1.165, 1.54) is 30.2 Å². The molecule has 0 unspecified atom stereocenters. The van der Waals surface area contributed by atoms with E-state index < -0.39 is 30.2 Å². The number of ether oxygens (including phenoxy) is 2. The van der Waals surface area contributed by atoms with Gasteiger partial charge in [0.25, 0.3) is 5.91 Å². The van der Waals surface area contributed by atoms with Crippen LogP contribution < -0.4 is 15.0 Å². The number of rotatable bonds is 6. The van der Waals surface area contributed by atoms with Gasteiger partial charge >= 0.3 is 5.97 Å². The molecule has 0 radical (unpaired) electrons. The van der Waals surface area contributed by atoms with Crippen molar-refractivity contribution in [1.29, 1.82) is 0 Å². The molecular formula is C20H19FN2O5. The summed E-state index contributed by atoms with van der Waals surface area (Å²) in [5, 5.41) is 2.33. The molecular weight excluding hydrogens is 367 g/mol. The first-order valence-electron chi connectivity index (χ1n) is 8.64. The largest absolute Gasteiger partial charge is 0.495 e. The van der Waals surface area contributed by atoms with Crippen molar-refractivity contribution in [2.75, 3.05) is 30.5 Å². The van der Waals surface area contributed by atoms with Crippen LogP contribution in [-0.4, -0.2) is 38.0 Å². The Bertz CT molecular complexity index is 902. The lowest BCUT2D eigenvalue weighted by molar-refractivity contribution is -0.151. The van der Waals surface area contributed by atoms with Gasteiger partial charge in [0.2, 0.25) is 5.91 Å². The Morgan fingerprint density at radius 2 is 1.89 bits per heavy atom. The van der Waals surface area contributed by atoms with Crippen LogP contribution in [0.25, 0.3) is 0 Å². The number of para-hydroxylation sites is 3. The average Bonchev–Trinajstić information content (AvgIpc) is 3.09. The monoisotopic (exact) mass is 386 g/mol. The van der Waals surface area contributed by atoms with Crippen molar-refractivity contribution in [2.45, 2.75) is 6.42 Å². The predicted octanol–water partition coefficient (Wildman–Crippen LogP) is 2.37. The number of nitrogens with zero attached hydrogens (tertiary/aromatic N) is 1. The van der Waals surface area contributed by atoms with Gasteiger partial charge in [-0.3, -0.25) is 14.4 Å². The molecule has 8 heteroatoms. The van der Waals surface area contributed by atoms with Gasteiger partial charge in [0.15, 0.2) is 6.61 Å². The number of anilines is 2.